The number of carbonyl (C=O) groups excluding carboxylic acids is 2. The summed E-state index contributed by atoms with van der Waals surface area (Å²) in [6.45, 7) is 2.29. The third-order valence-electron chi connectivity index (χ3n) is 3.56. The zero-order chi connectivity index (χ0) is 10.2. The van der Waals surface area contributed by atoms with Gasteiger partial charge >= 0.3 is 5.97 Å². The van der Waals surface area contributed by atoms with Crippen molar-refractivity contribution in [2.45, 2.75) is 39.0 Å². The molecule has 2 aliphatic carbocycles. The summed E-state index contributed by atoms with van der Waals surface area (Å²) in [5, 5.41) is 0. The van der Waals surface area contributed by atoms with Crippen molar-refractivity contribution in [3.8, 4) is 0 Å². The fourth-order valence-electron chi connectivity index (χ4n) is 2.50. The van der Waals surface area contributed by atoms with Crippen molar-refractivity contribution in [2.75, 3.05) is 6.61 Å². The van der Waals surface area contributed by atoms with Gasteiger partial charge in [-0.25, -0.2) is 0 Å². The number of ether oxygens (including phenoxy) is 1. The highest BCUT2D eigenvalue weighted by molar-refractivity contribution is 5.82. The molecule has 2 aliphatic rings. The van der Waals surface area contributed by atoms with Gasteiger partial charge in [-0.05, 0) is 31.6 Å². The SMILES string of the molecule is CCOC(=O)[C@H]1CC12CCC(=O)CC2. The van der Waals surface area contributed by atoms with E-state index in [-0.39, 0.29) is 17.3 Å². The number of hydrogen-bond acceptors (Lipinski definition) is 3. The lowest BCUT2D eigenvalue weighted by Gasteiger charge is -2.20. The lowest BCUT2D eigenvalue weighted by atomic mass is 9.84. The Bertz CT molecular complexity index is 260. The molecule has 14 heavy (non-hydrogen) atoms. The molecule has 0 aromatic rings. The third kappa shape index (κ3) is 1.56. The van der Waals surface area contributed by atoms with Crippen LogP contribution in [0.15, 0.2) is 0 Å². The smallest absolute Gasteiger partial charge is 0.309 e. The van der Waals surface area contributed by atoms with Gasteiger partial charge in [-0.2, -0.15) is 0 Å². The van der Waals surface area contributed by atoms with Crippen molar-refractivity contribution < 1.29 is 14.3 Å². The maximum Gasteiger partial charge on any atom is 0.309 e. The fourth-order valence-corrected chi connectivity index (χ4v) is 2.50. The first-order valence-corrected chi connectivity index (χ1v) is 5.36. The molecule has 0 aromatic carbocycles. The molecule has 2 rings (SSSR count). The van der Waals surface area contributed by atoms with Gasteiger partial charge in [0.25, 0.3) is 0 Å². The molecule has 2 fully saturated rings. The molecular weight excluding hydrogens is 180 g/mol. The van der Waals surface area contributed by atoms with E-state index in [2.05, 4.69) is 0 Å². The van der Waals surface area contributed by atoms with Crippen LogP contribution in [0.5, 0.6) is 0 Å². The minimum atomic E-state index is -0.0538. The molecule has 0 aliphatic heterocycles. The van der Waals surface area contributed by atoms with Crippen molar-refractivity contribution in [3.05, 3.63) is 0 Å². The highest BCUT2D eigenvalue weighted by Gasteiger charge is 2.59. The molecule has 0 aromatic heterocycles. The van der Waals surface area contributed by atoms with Crippen LogP contribution in [0.4, 0.5) is 0 Å². The van der Waals surface area contributed by atoms with E-state index in [9.17, 15) is 9.59 Å². The van der Waals surface area contributed by atoms with Gasteiger partial charge in [0.15, 0.2) is 0 Å². The Morgan fingerprint density at radius 3 is 2.71 bits per heavy atom. The average Bonchev–Trinajstić information content (AvgIpc) is 2.87. The van der Waals surface area contributed by atoms with E-state index in [1.165, 1.54) is 0 Å². The van der Waals surface area contributed by atoms with E-state index in [0.29, 0.717) is 25.2 Å². The topological polar surface area (TPSA) is 43.4 Å². The summed E-state index contributed by atoms with van der Waals surface area (Å²) in [5.74, 6) is 0.391. The second kappa shape index (κ2) is 3.37. The first-order chi connectivity index (χ1) is 6.68. The van der Waals surface area contributed by atoms with Crippen LogP contribution in [0.3, 0.4) is 0 Å². The Labute approximate surface area is 83.8 Å². The summed E-state index contributed by atoms with van der Waals surface area (Å²) in [7, 11) is 0. The average molecular weight is 196 g/mol. The third-order valence-corrected chi connectivity index (χ3v) is 3.56. The number of esters is 1. The predicted octanol–water partition coefficient (Wildman–Crippen LogP) is 1.70. The zero-order valence-corrected chi connectivity index (χ0v) is 8.54. The number of ketones is 1. The van der Waals surface area contributed by atoms with Gasteiger partial charge in [0.05, 0.1) is 12.5 Å². The van der Waals surface area contributed by atoms with E-state index in [4.69, 9.17) is 4.74 Å². The Morgan fingerprint density at radius 1 is 1.50 bits per heavy atom. The minimum absolute atomic E-state index is 0.0538. The number of rotatable bonds is 2. The van der Waals surface area contributed by atoms with E-state index >= 15 is 0 Å². The Morgan fingerprint density at radius 2 is 2.14 bits per heavy atom. The van der Waals surface area contributed by atoms with Crippen molar-refractivity contribution >= 4 is 11.8 Å². The number of Topliss-reactive ketones (excluding diaryl/α,β-unsaturated/α-hetero) is 1. The second-order valence-electron chi connectivity index (χ2n) is 4.41. The van der Waals surface area contributed by atoms with Gasteiger partial charge in [0.1, 0.15) is 5.78 Å². The zero-order valence-electron chi connectivity index (χ0n) is 8.54. The Kier molecular flexibility index (Phi) is 2.33. The summed E-state index contributed by atoms with van der Waals surface area (Å²) in [6, 6.07) is 0. The van der Waals surface area contributed by atoms with Crippen molar-refractivity contribution in [1.82, 2.24) is 0 Å². The van der Waals surface area contributed by atoms with Crippen molar-refractivity contribution in [1.29, 1.82) is 0 Å². The predicted molar refractivity (Wildman–Crippen MR) is 50.6 cm³/mol. The Balaban J connectivity index is 1.90. The monoisotopic (exact) mass is 196 g/mol. The summed E-state index contributed by atoms with van der Waals surface area (Å²) >= 11 is 0. The van der Waals surface area contributed by atoms with Crippen LogP contribution in [0.1, 0.15) is 39.0 Å². The van der Waals surface area contributed by atoms with Gasteiger partial charge in [0, 0.05) is 12.8 Å². The van der Waals surface area contributed by atoms with Gasteiger partial charge in [0.2, 0.25) is 0 Å². The number of carbonyl (C=O) groups is 2. The quantitative estimate of drug-likeness (QED) is 0.631. The van der Waals surface area contributed by atoms with Gasteiger partial charge < -0.3 is 4.74 Å². The molecule has 0 unspecified atom stereocenters. The molecule has 0 bridgehead atoms. The molecule has 1 atom stereocenters. The van der Waals surface area contributed by atoms with Gasteiger partial charge in [-0.15, -0.1) is 0 Å². The Hall–Kier alpha value is -0.860. The minimum Gasteiger partial charge on any atom is -0.466 e. The molecule has 78 valence electrons. The molecular formula is C11H16O3. The highest BCUT2D eigenvalue weighted by atomic mass is 16.5. The molecule has 1 spiro atoms. The summed E-state index contributed by atoms with van der Waals surface area (Å²) < 4.78 is 5.00. The lowest BCUT2D eigenvalue weighted by Crippen LogP contribution is -2.20. The summed E-state index contributed by atoms with van der Waals surface area (Å²) in [5.41, 5.74) is 0.153. The standard InChI is InChI=1S/C11H16O3/c1-2-14-10(13)9-7-11(9)5-3-8(12)4-6-11/h9H,2-7H2,1H3/t9-/m1/s1. The maximum atomic E-state index is 11.5. The van der Waals surface area contributed by atoms with Crippen LogP contribution in [-0.4, -0.2) is 18.4 Å². The van der Waals surface area contributed by atoms with Crippen molar-refractivity contribution in [3.63, 3.8) is 0 Å². The van der Waals surface area contributed by atoms with Crippen LogP contribution >= 0.6 is 0 Å². The van der Waals surface area contributed by atoms with E-state index < -0.39 is 0 Å². The van der Waals surface area contributed by atoms with E-state index in [1.54, 1.807) is 0 Å². The summed E-state index contributed by atoms with van der Waals surface area (Å²) in [6.07, 6.45) is 4.07. The van der Waals surface area contributed by atoms with Gasteiger partial charge in [-0.3, -0.25) is 9.59 Å². The molecule has 3 nitrogen and oxygen atoms in total. The molecule has 0 amide bonds. The highest BCUT2D eigenvalue weighted by Crippen LogP contribution is 2.61. The lowest BCUT2D eigenvalue weighted by molar-refractivity contribution is -0.146. The van der Waals surface area contributed by atoms with Crippen LogP contribution in [-0.2, 0) is 14.3 Å². The maximum absolute atomic E-state index is 11.5. The van der Waals surface area contributed by atoms with Crippen LogP contribution in [0, 0.1) is 11.3 Å². The molecule has 0 N–H and O–H groups in total. The first-order valence-electron chi connectivity index (χ1n) is 5.36. The fraction of sp³-hybridized carbons (Fsp3) is 0.818. The molecule has 0 saturated heterocycles. The van der Waals surface area contributed by atoms with Gasteiger partial charge in [-0.1, -0.05) is 0 Å². The van der Waals surface area contributed by atoms with E-state index in [0.717, 1.165) is 19.3 Å². The molecule has 0 heterocycles. The second-order valence-corrected chi connectivity index (χ2v) is 4.41. The van der Waals surface area contributed by atoms with Crippen molar-refractivity contribution in [2.24, 2.45) is 11.3 Å². The van der Waals surface area contributed by atoms with Crippen LogP contribution < -0.4 is 0 Å². The molecule has 0 radical (unpaired) electrons. The van der Waals surface area contributed by atoms with Crippen LogP contribution in [0.25, 0.3) is 0 Å². The summed E-state index contributed by atoms with van der Waals surface area (Å²) in [4.78, 5) is 22.5. The first kappa shape index (κ1) is 9.69. The molecule has 2 saturated carbocycles. The largest absolute Gasteiger partial charge is 0.466 e. The van der Waals surface area contributed by atoms with Crippen LogP contribution in [0.2, 0.25) is 0 Å². The number of hydrogen-bond donors (Lipinski definition) is 0. The normalized spacial score (nSPS) is 28.9. The van der Waals surface area contributed by atoms with E-state index in [1.807, 2.05) is 6.92 Å². The molecule has 3 heteroatoms.